The highest BCUT2D eigenvalue weighted by molar-refractivity contribution is 7.89. The minimum absolute atomic E-state index is 0. The third-order valence-electron chi connectivity index (χ3n) is 4.31. The molecule has 0 saturated carbocycles. The van der Waals surface area contributed by atoms with Gasteiger partial charge in [-0.05, 0) is 30.2 Å². The lowest BCUT2D eigenvalue weighted by Crippen LogP contribution is -2.40. The Morgan fingerprint density at radius 2 is 1.78 bits per heavy atom. The van der Waals surface area contributed by atoms with Crippen LogP contribution in [-0.2, 0) is 10.0 Å². The average molecular weight is 422 g/mol. The van der Waals surface area contributed by atoms with E-state index in [2.05, 4.69) is 0 Å². The number of carbonyl (C=O) groups excluding carboxylic acids is 1. The number of methoxy groups -OCH3 is 1. The van der Waals surface area contributed by atoms with Crippen LogP contribution in [-0.4, -0.2) is 63.9 Å². The monoisotopic (exact) mass is 421 g/mol. The molecule has 0 saturated heterocycles. The normalized spacial score (nSPS) is 11.9. The Bertz CT molecular complexity index is 734. The van der Waals surface area contributed by atoms with Gasteiger partial charge in [-0.3, -0.25) is 4.79 Å². The Balaban J connectivity index is 0.00000676. The van der Waals surface area contributed by atoms with Gasteiger partial charge in [0.15, 0.2) is 0 Å². The number of ether oxygens (including phenoxy) is 1. The SMILES string of the molecule is CCN(CC)S(=O)(=O)c1ccc(OC)c(C(=O)N(C)CC(C)(C)CN)c1.Cl. The van der Waals surface area contributed by atoms with Crippen LogP contribution in [0.5, 0.6) is 5.75 Å². The highest BCUT2D eigenvalue weighted by Crippen LogP contribution is 2.26. The van der Waals surface area contributed by atoms with Crippen molar-refractivity contribution in [3.8, 4) is 5.75 Å². The summed E-state index contributed by atoms with van der Waals surface area (Å²) in [5.41, 5.74) is 5.72. The van der Waals surface area contributed by atoms with Crippen molar-refractivity contribution in [2.45, 2.75) is 32.6 Å². The van der Waals surface area contributed by atoms with Crippen LogP contribution in [0.25, 0.3) is 0 Å². The minimum atomic E-state index is -3.66. The highest BCUT2D eigenvalue weighted by atomic mass is 35.5. The van der Waals surface area contributed by atoms with Crippen LogP contribution in [0.15, 0.2) is 23.1 Å². The lowest BCUT2D eigenvalue weighted by molar-refractivity contribution is 0.0737. The quantitative estimate of drug-likeness (QED) is 0.659. The van der Waals surface area contributed by atoms with Crippen LogP contribution < -0.4 is 10.5 Å². The molecule has 1 amide bonds. The summed E-state index contributed by atoms with van der Waals surface area (Å²) in [6.45, 7) is 9.08. The Morgan fingerprint density at radius 3 is 2.22 bits per heavy atom. The van der Waals surface area contributed by atoms with Gasteiger partial charge < -0.3 is 15.4 Å². The molecule has 7 nitrogen and oxygen atoms in total. The summed E-state index contributed by atoms with van der Waals surface area (Å²) in [6.07, 6.45) is 0. The van der Waals surface area contributed by atoms with E-state index < -0.39 is 10.0 Å². The van der Waals surface area contributed by atoms with E-state index in [0.29, 0.717) is 31.9 Å². The summed E-state index contributed by atoms with van der Waals surface area (Å²) in [7, 11) is -0.536. The van der Waals surface area contributed by atoms with Gasteiger partial charge in [0.05, 0.1) is 17.6 Å². The van der Waals surface area contributed by atoms with E-state index in [1.165, 1.54) is 29.6 Å². The van der Waals surface area contributed by atoms with Gasteiger partial charge >= 0.3 is 0 Å². The zero-order chi connectivity index (χ0) is 20.1. The number of benzene rings is 1. The van der Waals surface area contributed by atoms with E-state index in [4.69, 9.17) is 10.5 Å². The van der Waals surface area contributed by atoms with Crippen molar-refractivity contribution in [1.82, 2.24) is 9.21 Å². The van der Waals surface area contributed by atoms with Crippen LogP contribution >= 0.6 is 12.4 Å². The second-order valence-corrected chi connectivity index (χ2v) is 8.92. The lowest BCUT2D eigenvalue weighted by atomic mass is 9.93. The van der Waals surface area contributed by atoms with Crippen molar-refractivity contribution in [2.75, 3.05) is 40.3 Å². The molecule has 0 atom stereocenters. The maximum absolute atomic E-state index is 12.9. The van der Waals surface area contributed by atoms with Gasteiger partial charge in [-0.25, -0.2) is 8.42 Å². The number of carbonyl (C=O) groups is 1. The molecule has 0 aliphatic rings. The Morgan fingerprint density at radius 1 is 1.22 bits per heavy atom. The summed E-state index contributed by atoms with van der Waals surface area (Å²) < 4.78 is 32.1. The van der Waals surface area contributed by atoms with Crippen molar-refractivity contribution in [3.05, 3.63) is 23.8 Å². The molecule has 0 aliphatic heterocycles. The van der Waals surface area contributed by atoms with E-state index >= 15 is 0 Å². The number of nitrogens with two attached hydrogens (primary N) is 1. The van der Waals surface area contributed by atoms with Crippen molar-refractivity contribution in [1.29, 1.82) is 0 Å². The molecular weight excluding hydrogens is 390 g/mol. The fourth-order valence-corrected chi connectivity index (χ4v) is 4.20. The Kier molecular flexibility index (Phi) is 9.75. The predicted molar refractivity (Wildman–Crippen MR) is 110 cm³/mol. The smallest absolute Gasteiger partial charge is 0.257 e. The number of hydrogen-bond acceptors (Lipinski definition) is 5. The van der Waals surface area contributed by atoms with E-state index in [9.17, 15) is 13.2 Å². The molecule has 2 N–H and O–H groups in total. The van der Waals surface area contributed by atoms with Gasteiger partial charge in [0.2, 0.25) is 10.0 Å². The molecule has 9 heteroatoms. The van der Waals surface area contributed by atoms with E-state index in [1.54, 1.807) is 25.8 Å². The van der Waals surface area contributed by atoms with Crippen molar-refractivity contribution < 1.29 is 17.9 Å². The number of sulfonamides is 1. The largest absolute Gasteiger partial charge is 0.496 e. The van der Waals surface area contributed by atoms with Crippen LogP contribution in [0.4, 0.5) is 0 Å². The van der Waals surface area contributed by atoms with Gasteiger partial charge in [0.1, 0.15) is 5.75 Å². The van der Waals surface area contributed by atoms with Gasteiger partial charge in [0, 0.05) is 26.7 Å². The Hall–Kier alpha value is -1.35. The first-order chi connectivity index (χ1) is 12.0. The van der Waals surface area contributed by atoms with Crippen molar-refractivity contribution in [2.24, 2.45) is 11.1 Å². The Labute approximate surface area is 169 Å². The lowest BCUT2D eigenvalue weighted by Gasteiger charge is -2.29. The molecule has 0 bridgehead atoms. The highest BCUT2D eigenvalue weighted by Gasteiger charge is 2.27. The maximum atomic E-state index is 12.9. The fourth-order valence-electron chi connectivity index (χ4n) is 2.71. The molecule has 1 aromatic carbocycles. The molecule has 1 rings (SSSR count). The van der Waals surface area contributed by atoms with Gasteiger partial charge in [-0.1, -0.05) is 27.7 Å². The number of amides is 1. The molecule has 0 aromatic heterocycles. The third-order valence-corrected chi connectivity index (χ3v) is 6.35. The van der Waals surface area contributed by atoms with Crippen LogP contribution in [0, 0.1) is 5.41 Å². The van der Waals surface area contributed by atoms with E-state index in [1.807, 2.05) is 13.8 Å². The molecular formula is C18H32ClN3O4S. The predicted octanol–water partition coefficient (Wildman–Crippen LogP) is 2.20. The van der Waals surface area contributed by atoms with Crippen molar-refractivity contribution >= 4 is 28.3 Å². The fraction of sp³-hybridized carbons (Fsp3) is 0.611. The first-order valence-corrected chi connectivity index (χ1v) is 10.1. The molecule has 0 spiro atoms. The zero-order valence-corrected chi connectivity index (χ0v) is 18.6. The number of nitrogens with zero attached hydrogens (tertiary/aromatic N) is 2. The molecule has 1 aromatic rings. The van der Waals surface area contributed by atoms with E-state index in [-0.39, 0.29) is 34.2 Å². The molecule has 0 radical (unpaired) electrons. The number of halogens is 1. The number of rotatable bonds is 9. The zero-order valence-electron chi connectivity index (χ0n) is 17.0. The maximum Gasteiger partial charge on any atom is 0.257 e. The number of hydrogen-bond donors (Lipinski definition) is 1. The molecule has 27 heavy (non-hydrogen) atoms. The third kappa shape index (κ3) is 6.07. The summed E-state index contributed by atoms with van der Waals surface area (Å²) in [4.78, 5) is 14.5. The summed E-state index contributed by atoms with van der Waals surface area (Å²) >= 11 is 0. The van der Waals surface area contributed by atoms with Gasteiger partial charge in [-0.2, -0.15) is 4.31 Å². The second-order valence-electron chi connectivity index (χ2n) is 6.98. The first-order valence-electron chi connectivity index (χ1n) is 8.67. The molecule has 0 unspecified atom stereocenters. The van der Waals surface area contributed by atoms with Crippen LogP contribution in [0.2, 0.25) is 0 Å². The second kappa shape index (κ2) is 10.3. The summed E-state index contributed by atoms with van der Waals surface area (Å²) in [5, 5.41) is 0. The molecule has 156 valence electrons. The molecule has 0 aliphatic carbocycles. The van der Waals surface area contributed by atoms with E-state index in [0.717, 1.165) is 0 Å². The first kappa shape index (κ1) is 25.6. The van der Waals surface area contributed by atoms with Gasteiger partial charge in [0.25, 0.3) is 5.91 Å². The van der Waals surface area contributed by atoms with Crippen LogP contribution in [0.3, 0.4) is 0 Å². The summed E-state index contributed by atoms with van der Waals surface area (Å²) in [6, 6.07) is 4.37. The summed E-state index contributed by atoms with van der Waals surface area (Å²) in [5.74, 6) is 0.0332. The van der Waals surface area contributed by atoms with Crippen molar-refractivity contribution in [3.63, 3.8) is 0 Å². The topological polar surface area (TPSA) is 92.9 Å². The standard InChI is InChI=1S/C18H31N3O4S.ClH/c1-7-21(8-2)26(23,24)14-9-10-16(25-6)15(11-14)17(22)20(5)13-18(3,4)12-19;/h9-11H,7-8,12-13,19H2,1-6H3;1H. The molecule has 0 fully saturated rings. The van der Waals surface area contributed by atoms with Crippen LogP contribution in [0.1, 0.15) is 38.1 Å². The molecule has 0 heterocycles. The average Bonchev–Trinajstić information content (AvgIpc) is 2.60. The van der Waals surface area contributed by atoms with Gasteiger partial charge in [-0.15, -0.1) is 12.4 Å². The minimum Gasteiger partial charge on any atom is -0.496 e.